The van der Waals surface area contributed by atoms with Gasteiger partial charge in [0.2, 0.25) is 11.9 Å². The lowest BCUT2D eigenvalue weighted by atomic mass is 10.0. The number of amides is 3. The molecule has 1 saturated carbocycles. The Bertz CT molecular complexity index is 3230. The molecule has 2 N–H and O–H groups in total. The number of likely N-dealkylation sites (tertiary alicyclic amines) is 1. The van der Waals surface area contributed by atoms with Gasteiger partial charge in [0.15, 0.2) is 11.6 Å². The van der Waals surface area contributed by atoms with Gasteiger partial charge in [-0.05, 0) is 87.2 Å². The predicted octanol–water partition coefficient (Wildman–Crippen LogP) is 8.02. The summed E-state index contributed by atoms with van der Waals surface area (Å²) in [6.07, 6.45) is 10.2. The molecule has 0 radical (unpaired) electrons. The number of benzene rings is 3. The molecule has 1 aliphatic carbocycles. The summed E-state index contributed by atoms with van der Waals surface area (Å²) in [5.74, 6) is 0.232. The van der Waals surface area contributed by atoms with Crippen molar-refractivity contribution in [3.63, 3.8) is 0 Å². The molecule has 3 atom stereocenters. The van der Waals surface area contributed by atoms with Gasteiger partial charge in [-0.15, -0.1) is 0 Å². The summed E-state index contributed by atoms with van der Waals surface area (Å²) in [6.45, 7) is 12.4. The zero-order valence-electron chi connectivity index (χ0n) is 48.9. The molecule has 4 aliphatic heterocycles. The van der Waals surface area contributed by atoms with Gasteiger partial charge in [-0.2, -0.15) is 20.2 Å². The zero-order valence-corrected chi connectivity index (χ0v) is 49.7. The molecule has 21 nitrogen and oxygen atoms in total. The summed E-state index contributed by atoms with van der Waals surface area (Å²) in [5.41, 5.74) is 4.55. The van der Waals surface area contributed by atoms with Crippen molar-refractivity contribution in [2.24, 2.45) is 0 Å². The van der Waals surface area contributed by atoms with Crippen molar-refractivity contribution in [1.29, 1.82) is 5.26 Å². The number of nitrogens with one attached hydrogen (secondary N) is 2. The van der Waals surface area contributed by atoms with Crippen LogP contribution >= 0.6 is 11.6 Å². The van der Waals surface area contributed by atoms with Crippen LogP contribution < -0.4 is 39.7 Å². The highest BCUT2D eigenvalue weighted by atomic mass is 35.5. The third-order valence-corrected chi connectivity index (χ3v) is 17.1. The van der Waals surface area contributed by atoms with Crippen LogP contribution in [0.5, 0.6) is 11.8 Å². The number of carbonyl (C=O) groups excluding carboxylic acids is 3. The van der Waals surface area contributed by atoms with Gasteiger partial charge in [0.1, 0.15) is 29.9 Å². The third kappa shape index (κ3) is 14.1. The number of ether oxygens (including phenoxy) is 5. The number of fused-ring (bicyclic) bond motifs is 3. The molecule has 85 heavy (non-hydrogen) atoms. The van der Waals surface area contributed by atoms with Gasteiger partial charge in [-0.1, -0.05) is 62.2 Å². The van der Waals surface area contributed by atoms with Crippen LogP contribution in [0.15, 0.2) is 73.2 Å². The fourth-order valence-corrected chi connectivity index (χ4v) is 12.8. The monoisotopic (exact) mass is 1190 g/mol. The van der Waals surface area contributed by atoms with Gasteiger partial charge < -0.3 is 58.8 Å². The van der Waals surface area contributed by atoms with Gasteiger partial charge in [0.05, 0.1) is 87.8 Å². The van der Waals surface area contributed by atoms with Crippen LogP contribution in [0.1, 0.15) is 86.3 Å². The fraction of sp³-hybridized carbons (Fsp3) is 0.516. The highest BCUT2D eigenvalue weighted by Gasteiger charge is 2.42. The number of nitriles is 1. The van der Waals surface area contributed by atoms with Crippen LogP contribution in [-0.4, -0.2) is 178 Å². The molecule has 3 amide bonds. The Balaban J connectivity index is 0.639. The summed E-state index contributed by atoms with van der Waals surface area (Å²) in [6, 6.07) is 19.3. The highest BCUT2D eigenvalue weighted by Crippen LogP contribution is 2.42. The maximum atomic E-state index is 14.1. The summed E-state index contributed by atoms with van der Waals surface area (Å²) in [5, 5.41) is 18.6. The van der Waals surface area contributed by atoms with E-state index >= 15 is 0 Å². The lowest BCUT2D eigenvalue weighted by Gasteiger charge is -2.43. The minimum atomic E-state index is -1.04. The largest absolute Gasteiger partial charge is 0.495 e. The Morgan fingerprint density at radius 1 is 0.882 bits per heavy atom. The first-order valence-corrected chi connectivity index (χ1v) is 30.2. The van der Waals surface area contributed by atoms with Crippen molar-refractivity contribution in [1.82, 2.24) is 35.1 Å². The maximum absolute atomic E-state index is 14.1. The molecule has 3 fully saturated rings. The van der Waals surface area contributed by atoms with Crippen molar-refractivity contribution in [2.75, 3.05) is 131 Å². The smallest absolute Gasteiger partial charge is 0.318 e. The Morgan fingerprint density at radius 2 is 1.66 bits per heavy atom. The number of likely N-dealkylation sites (N-methyl/N-ethyl adjacent to an activating group) is 1. The van der Waals surface area contributed by atoms with E-state index in [9.17, 15) is 24.0 Å². The average molecular weight is 1190 g/mol. The number of nitrogens with zero attached hydrogens (tertiary/aromatic N) is 11. The molecule has 0 spiro atoms. The number of anilines is 6. The molecular weight excluding hydrogens is 1110 g/mol. The molecule has 10 rings (SSSR count). The minimum absolute atomic E-state index is 0.0369. The van der Waals surface area contributed by atoms with Crippen molar-refractivity contribution < 1.29 is 42.5 Å². The third-order valence-electron chi connectivity index (χ3n) is 16.8. The van der Waals surface area contributed by atoms with E-state index < -0.39 is 17.8 Å². The number of aromatic nitrogens is 4. The lowest BCUT2D eigenvalue weighted by molar-refractivity contribution is -0.131. The van der Waals surface area contributed by atoms with Crippen LogP contribution in [-0.2, 0) is 36.8 Å². The zero-order chi connectivity index (χ0) is 59.4. The van der Waals surface area contributed by atoms with E-state index in [0.717, 1.165) is 91.6 Å². The number of carbonyl (C=O) groups is 3. The first-order chi connectivity index (χ1) is 41.4. The number of halogens is 2. The summed E-state index contributed by atoms with van der Waals surface area (Å²) in [7, 11) is 3.32. The topological polar surface area (TPSA) is 216 Å². The second kappa shape index (κ2) is 28.6. The van der Waals surface area contributed by atoms with Gasteiger partial charge in [-0.25, -0.2) is 9.37 Å². The van der Waals surface area contributed by atoms with Gasteiger partial charge in [0.25, 0.3) is 11.8 Å². The van der Waals surface area contributed by atoms with Crippen molar-refractivity contribution >= 4 is 74.7 Å². The summed E-state index contributed by atoms with van der Waals surface area (Å²) < 4.78 is 43.7. The van der Waals surface area contributed by atoms with Gasteiger partial charge in [-0.3, -0.25) is 19.3 Å². The standard InChI is InChI=1S/C62H77ClFN13O8/c1-5-51-60(80)72(3)53-37-67-61(70-57(53)77(51)44-14-6-7-15-44)68-49-20-19-43(36-54(49)81-4)58(78)66-24-31-83-33-35-84-34-32-82-30-11-26-73-25-10-16-46(73)40-85-62-69-50-39-74(52-18-9-13-42-12-8-17-48(63)55(42)52)27-22-47(50)56(71-62)75-28-29-76(59(79)41(2)64)45(38-75)21-23-65/h8-9,12-13,17-20,36-37,44-46,51H,2,5-7,10-11,14-16,21-22,24-35,38-40H2,1,3-4H3,(H,66,78)(H,67,68,70)/t45-,46-,51+/m0/s1. The lowest BCUT2D eigenvalue weighted by Crippen LogP contribution is -2.55. The SMILES string of the molecule is C=C(F)C(=O)N1CCN(c2nc(OC[C@@H]3CCCN3CCCOCCOCCOCCNC(=O)c3ccc(Nc4ncc5c(n4)N(C4CCCC4)[C@H](CC)C(=O)N5C)c(OC)c3)nc3c2CCN(c2cccc4cccc(Cl)c24)C3)C[C@@H]1CC#N. The van der Waals surface area contributed by atoms with E-state index in [2.05, 4.69) is 66.1 Å². The van der Waals surface area contributed by atoms with E-state index in [-0.39, 0.29) is 48.9 Å². The first kappa shape index (κ1) is 60.7. The second-order valence-corrected chi connectivity index (χ2v) is 22.5. The van der Waals surface area contributed by atoms with Gasteiger partial charge >= 0.3 is 6.01 Å². The van der Waals surface area contributed by atoms with Gasteiger partial charge in [0, 0.05) is 87.2 Å². The first-order valence-electron chi connectivity index (χ1n) is 29.8. The second-order valence-electron chi connectivity index (χ2n) is 22.1. The van der Waals surface area contributed by atoms with Crippen LogP contribution in [0.4, 0.5) is 39.0 Å². The number of hydrogen-bond donors (Lipinski definition) is 2. The Labute approximate surface area is 501 Å². The number of piperazine rings is 1. The quantitative estimate of drug-likeness (QED) is 0.0396. The Morgan fingerprint density at radius 3 is 2.42 bits per heavy atom. The van der Waals surface area contributed by atoms with Crippen LogP contribution in [0.25, 0.3) is 10.8 Å². The van der Waals surface area contributed by atoms with Crippen LogP contribution in [0.3, 0.4) is 0 Å². The molecule has 0 unspecified atom stereocenters. The molecule has 0 bridgehead atoms. The normalized spacial score (nSPS) is 19.0. The Hall–Kier alpha value is -7.42. The number of rotatable bonds is 26. The molecule has 2 aromatic heterocycles. The van der Waals surface area contributed by atoms with Crippen molar-refractivity contribution in [3.05, 3.63) is 95.0 Å². The molecule has 3 aromatic carbocycles. The van der Waals surface area contributed by atoms with Crippen molar-refractivity contribution in [3.8, 4) is 17.8 Å². The minimum Gasteiger partial charge on any atom is -0.495 e. The van der Waals surface area contributed by atoms with Crippen LogP contribution in [0.2, 0.25) is 5.02 Å². The maximum Gasteiger partial charge on any atom is 0.318 e. The molecule has 452 valence electrons. The average Bonchev–Trinajstić information content (AvgIpc) is 2.49. The molecular formula is C62H77ClFN13O8. The molecule has 2 saturated heterocycles. The predicted molar refractivity (Wildman–Crippen MR) is 324 cm³/mol. The molecule has 6 heterocycles. The summed E-state index contributed by atoms with van der Waals surface area (Å²) in [4.78, 5) is 70.8. The van der Waals surface area contributed by atoms with Crippen molar-refractivity contribution in [2.45, 2.75) is 102 Å². The van der Waals surface area contributed by atoms with E-state index in [1.54, 1.807) is 43.5 Å². The Kier molecular flexibility index (Phi) is 20.5. The van der Waals surface area contributed by atoms with E-state index in [4.69, 9.17) is 50.2 Å². The summed E-state index contributed by atoms with van der Waals surface area (Å²) >= 11 is 6.79. The molecule has 5 aliphatic rings. The molecule has 23 heteroatoms. The van der Waals surface area contributed by atoms with E-state index in [1.165, 1.54) is 4.90 Å². The fourth-order valence-electron chi connectivity index (χ4n) is 12.5. The molecule has 5 aromatic rings. The number of hydrogen-bond acceptors (Lipinski definition) is 18. The number of methoxy groups -OCH3 is 1. The highest BCUT2D eigenvalue weighted by molar-refractivity contribution is 6.36. The van der Waals surface area contributed by atoms with Crippen LogP contribution in [0, 0.1) is 11.3 Å². The van der Waals surface area contributed by atoms with E-state index in [0.29, 0.717) is 131 Å². The van der Waals surface area contributed by atoms with E-state index in [1.807, 2.05) is 25.1 Å².